The maximum Gasteiger partial charge on any atom is 0.256 e. The van der Waals surface area contributed by atoms with E-state index in [9.17, 15) is 13.2 Å². The van der Waals surface area contributed by atoms with E-state index >= 15 is 0 Å². The Morgan fingerprint density at radius 2 is 1.79 bits per heavy atom. The van der Waals surface area contributed by atoms with Crippen molar-refractivity contribution in [3.63, 3.8) is 0 Å². The first-order chi connectivity index (χ1) is 11.5. The molecule has 0 saturated heterocycles. The molecule has 0 bridgehead atoms. The Balaban J connectivity index is 1.70. The van der Waals surface area contributed by atoms with Gasteiger partial charge in [0.1, 0.15) is 0 Å². The number of carbonyl (C=O) groups excluding carboxylic acids is 1. The van der Waals surface area contributed by atoms with E-state index in [1.807, 2.05) is 5.38 Å². The number of sulfonamides is 1. The lowest BCUT2D eigenvalue weighted by Crippen LogP contribution is -2.15. The van der Waals surface area contributed by atoms with Crippen molar-refractivity contribution < 1.29 is 13.2 Å². The zero-order valence-electron chi connectivity index (χ0n) is 13.5. The molecule has 1 heterocycles. The van der Waals surface area contributed by atoms with Gasteiger partial charge in [0, 0.05) is 21.6 Å². The fourth-order valence-corrected chi connectivity index (χ4v) is 4.52. The number of hydrogen-bond acceptors (Lipinski definition) is 4. The van der Waals surface area contributed by atoms with Gasteiger partial charge in [0.25, 0.3) is 5.91 Å². The predicted octanol–water partition coefficient (Wildman–Crippen LogP) is 3.64. The second-order valence-corrected chi connectivity index (χ2v) is 8.77. The van der Waals surface area contributed by atoms with Crippen LogP contribution in [0.4, 0.5) is 11.4 Å². The van der Waals surface area contributed by atoms with Gasteiger partial charge in [-0.15, -0.1) is 11.3 Å². The lowest BCUT2D eigenvalue weighted by molar-refractivity contribution is 0.102. The molecule has 1 aromatic heterocycles. The molecule has 2 aromatic rings. The molecule has 5 nitrogen and oxygen atoms in total. The number of carbonyl (C=O) groups is 1. The van der Waals surface area contributed by atoms with E-state index in [4.69, 9.17) is 0 Å². The van der Waals surface area contributed by atoms with E-state index < -0.39 is 10.0 Å². The Bertz CT molecular complexity index is 839. The van der Waals surface area contributed by atoms with Gasteiger partial charge in [-0.05, 0) is 62.4 Å². The largest absolute Gasteiger partial charge is 0.322 e. The third-order valence-corrected chi connectivity index (χ3v) is 6.50. The zero-order chi connectivity index (χ0) is 17.2. The fourth-order valence-electron chi connectivity index (χ4n) is 2.76. The number of nitrogens with one attached hydrogen (secondary N) is 2. The average molecular weight is 364 g/mol. The lowest BCUT2D eigenvalue weighted by atomic mass is 9.95. The van der Waals surface area contributed by atoms with Crippen molar-refractivity contribution in [1.82, 2.24) is 0 Å². The second-order valence-electron chi connectivity index (χ2n) is 5.80. The van der Waals surface area contributed by atoms with Gasteiger partial charge in [0.05, 0.1) is 11.3 Å². The van der Waals surface area contributed by atoms with Gasteiger partial charge >= 0.3 is 0 Å². The van der Waals surface area contributed by atoms with Gasteiger partial charge in [-0.3, -0.25) is 9.52 Å². The van der Waals surface area contributed by atoms with Crippen LogP contribution in [-0.4, -0.2) is 20.1 Å². The first-order valence-electron chi connectivity index (χ1n) is 7.99. The third kappa shape index (κ3) is 3.79. The molecular weight excluding hydrogens is 344 g/mol. The SMILES string of the molecule is CCS(=O)(=O)Nc1ccc(NC(=O)c2csc3c2CCCC3)cc1. The minimum Gasteiger partial charge on any atom is -0.322 e. The molecule has 2 N–H and O–H groups in total. The summed E-state index contributed by atoms with van der Waals surface area (Å²) in [4.78, 5) is 13.8. The number of benzene rings is 1. The summed E-state index contributed by atoms with van der Waals surface area (Å²) in [6.45, 7) is 1.58. The Labute approximate surface area is 146 Å². The van der Waals surface area contributed by atoms with E-state index in [0.717, 1.165) is 24.8 Å². The van der Waals surface area contributed by atoms with Gasteiger partial charge in [0.15, 0.2) is 0 Å². The van der Waals surface area contributed by atoms with Crippen LogP contribution in [0.1, 0.15) is 40.6 Å². The van der Waals surface area contributed by atoms with Crippen LogP contribution in [-0.2, 0) is 22.9 Å². The minimum absolute atomic E-state index is 0.0226. The van der Waals surface area contributed by atoms with Gasteiger partial charge in [-0.1, -0.05) is 0 Å². The highest BCUT2D eigenvalue weighted by Crippen LogP contribution is 2.30. The van der Waals surface area contributed by atoms with Crippen molar-refractivity contribution in [1.29, 1.82) is 0 Å². The molecule has 0 atom stereocenters. The number of fused-ring (bicyclic) bond motifs is 1. The third-order valence-electron chi connectivity index (χ3n) is 4.10. The number of thiophene rings is 1. The molecule has 0 radical (unpaired) electrons. The maximum absolute atomic E-state index is 12.5. The summed E-state index contributed by atoms with van der Waals surface area (Å²) in [5.74, 6) is -0.0781. The highest BCUT2D eigenvalue weighted by atomic mass is 32.2. The summed E-state index contributed by atoms with van der Waals surface area (Å²) < 4.78 is 25.6. The van der Waals surface area contributed by atoms with Gasteiger partial charge in [-0.2, -0.15) is 0 Å². The summed E-state index contributed by atoms with van der Waals surface area (Å²) >= 11 is 1.66. The van der Waals surface area contributed by atoms with Gasteiger partial charge < -0.3 is 5.32 Å². The van der Waals surface area contributed by atoms with Crippen LogP contribution in [0.3, 0.4) is 0 Å². The Morgan fingerprint density at radius 3 is 2.50 bits per heavy atom. The van der Waals surface area contributed by atoms with E-state index in [0.29, 0.717) is 11.4 Å². The maximum atomic E-state index is 12.5. The zero-order valence-corrected chi connectivity index (χ0v) is 15.1. The second kappa shape index (κ2) is 6.94. The molecule has 0 aliphatic heterocycles. The average Bonchev–Trinajstić information content (AvgIpc) is 3.00. The molecule has 1 aliphatic carbocycles. The van der Waals surface area contributed by atoms with E-state index in [1.165, 1.54) is 16.9 Å². The fraction of sp³-hybridized carbons (Fsp3) is 0.353. The highest BCUT2D eigenvalue weighted by molar-refractivity contribution is 7.92. The van der Waals surface area contributed by atoms with Crippen LogP contribution in [0.15, 0.2) is 29.6 Å². The highest BCUT2D eigenvalue weighted by Gasteiger charge is 2.20. The summed E-state index contributed by atoms with van der Waals surface area (Å²) in [7, 11) is -3.29. The summed E-state index contributed by atoms with van der Waals surface area (Å²) in [6.07, 6.45) is 4.37. The number of aryl methyl sites for hydroxylation is 1. The Kier molecular flexibility index (Phi) is 4.91. The van der Waals surface area contributed by atoms with E-state index in [-0.39, 0.29) is 11.7 Å². The molecule has 0 unspecified atom stereocenters. The molecule has 1 aliphatic rings. The summed E-state index contributed by atoms with van der Waals surface area (Å²) in [5.41, 5.74) is 3.10. The molecular formula is C17H20N2O3S2. The lowest BCUT2D eigenvalue weighted by Gasteiger charge is -2.13. The van der Waals surface area contributed by atoms with Crippen molar-refractivity contribution in [2.24, 2.45) is 0 Å². The van der Waals surface area contributed by atoms with Crippen molar-refractivity contribution in [2.75, 3.05) is 15.8 Å². The van der Waals surface area contributed by atoms with E-state index in [1.54, 1.807) is 42.5 Å². The molecule has 3 rings (SSSR count). The van der Waals surface area contributed by atoms with Crippen molar-refractivity contribution in [3.05, 3.63) is 45.6 Å². The normalized spacial score (nSPS) is 14.0. The van der Waals surface area contributed by atoms with Crippen LogP contribution in [0.2, 0.25) is 0 Å². The first kappa shape index (κ1) is 17.0. The standard InChI is InChI=1S/C17H20N2O3S2/c1-2-24(21,22)19-13-9-7-12(8-10-13)18-17(20)15-11-23-16-6-4-3-5-14(15)16/h7-11,19H,2-6H2,1H3,(H,18,20). The monoisotopic (exact) mass is 364 g/mol. The first-order valence-corrected chi connectivity index (χ1v) is 10.5. The molecule has 1 amide bonds. The number of hydrogen-bond donors (Lipinski definition) is 2. The van der Waals surface area contributed by atoms with Crippen LogP contribution in [0.25, 0.3) is 0 Å². The number of amides is 1. The van der Waals surface area contributed by atoms with Crippen LogP contribution in [0.5, 0.6) is 0 Å². The molecule has 1 aromatic carbocycles. The molecule has 128 valence electrons. The summed E-state index contributed by atoms with van der Waals surface area (Å²) in [5, 5.41) is 4.83. The Hall–Kier alpha value is -1.86. The molecule has 0 saturated carbocycles. The van der Waals surface area contributed by atoms with Crippen molar-refractivity contribution >= 4 is 38.6 Å². The number of anilines is 2. The van der Waals surface area contributed by atoms with E-state index in [2.05, 4.69) is 10.0 Å². The molecule has 7 heteroatoms. The van der Waals surface area contributed by atoms with Crippen LogP contribution < -0.4 is 10.0 Å². The van der Waals surface area contributed by atoms with Crippen LogP contribution in [0, 0.1) is 0 Å². The number of rotatable bonds is 5. The van der Waals surface area contributed by atoms with Crippen LogP contribution >= 0.6 is 11.3 Å². The molecule has 24 heavy (non-hydrogen) atoms. The summed E-state index contributed by atoms with van der Waals surface area (Å²) in [6, 6.07) is 6.69. The quantitative estimate of drug-likeness (QED) is 0.850. The van der Waals surface area contributed by atoms with Gasteiger partial charge in [0.2, 0.25) is 10.0 Å². The topological polar surface area (TPSA) is 75.3 Å². The predicted molar refractivity (Wildman–Crippen MR) is 98.4 cm³/mol. The molecule has 0 spiro atoms. The Morgan fingerprint density at radius 1 is 1.12 bits per heavy atom. The smallest absolute Gasteiger partial charge is 0.256 e. The van der Waals surface area contributed by atoms with Crippen molar-refractivity contribution in [3.8, 4) is 0 Å². The molecule has 0 fully saturated rings. The minimum atomic E-state index is -3.29. The van der Waals surface area contributed by atoms with Gasteiger partial charge in [-0.25, -0.2) is 8.42 Å². The van der Waals surface area contributed by atoms with Crippen molar-refractivity contribution in [2.45, 2.75) is 32.6 Å².